The largest absolute Gasteiger partial charge is 0.379 e. The van der Waals surface area contributed by atoms with Gasteiger partial charge in [-0.15, -0.1) is 11.3 Å². The zero-order valence-electron chi connectivity index (χ0n) is 8.81. The van der Waals surface area contributed by atoms with Gasteiger partial charge in [-0.2, -0.15) is 0 Å². The quantitative estimate of drug-likeness (QED) is 0.667. The van der Waals surface area contributed by atoms with E-state index in [9.17, 15) is 0 Å². The number of halogens is 1. The first-order valence-corrected chi connectivity index (χ1v) is 7.48. The topological polar surface area (TPSA) is 62.8 Å². The molecule has 0 saturated carbocycles. The van der Waals surface area contributed by atoms with Crippen molar-refractivity contribution >= 4 is 44.2 Å². The Morgan fingerprint density at radius 3 is 2.76 bits per heavy atom. The highest BCUT2D eigenvalue weighted by molar-refractivity contribution is 9.10. The number of nitrogens with one attached hydrogen (secondary N) is 1. The van der Waals surface area contributed by atoms with Crippen LogP contribution in [0.3, 0.4) is 0 Å². The van der Waals surface area contributed by atoms with E-state index in [0.717, 1.165) is 20.7 Å². The highest BCUT2D eigenvalue weighted by Crippen LogP contribution is 2.26. The third-order valence-corrected chi connectivity index (χ3v) is 4.24. The summed E-state index contributed by atoms with van der Waals surface area (Å²) in [6.07, 6.45) is 0. The van der Waals surface area contributed by atoms with E-state index in [1.165, 1.54) is 11.8 Å². The summed E-state index contributed by atoms with van der Waals surface area (Å²) in [7, 11) is 0. The van der Waals surface area contributed by atoms with Crippen LogP contribution in [0.2, 0.25) is 0 Å². The number of amidine groups is 1. The van der Waals surface area contributed by atoms with Crippen LogP contribution in [0.25, 0.3) is 10.6 Å². The summed E-state index contributed by atoms with van der Waals surface area (Å²) in [5.74, 6) is 0.655. The maximum atomic E-state index is 7.15. The molecule has 0 aliphatic rings. The van der Waals surface area contributed by atoms with Crippen molar-refractivity contribution in [1.29, 1.82) is 5.41 Å². The lowest BCUT2D eigenvalue weighted by Gasteiger charge is -1.96. The van der Waals surface area contributed by atoms with Gasteiger partial charge in [-0.3, -0.25) is 5.41 Å². The van der Waals surface area contributed by atoms with Crippen LogP contribution in [0.5, 0.6) is 0 Å². The zero-order valence-corrected chi connectivity index (χ0v) is 12.0. The fourth-order valence-electron chi connectivity index (χ4n) is 1.25. The van der Waals surface area contributed by atoms with Crippen LogP contribution in [-0.4, -0.2) is 10.2 Å². The van der Waals surface area contributed by atoms with E-state index in [2.05, 4.69) is 20.9 Å². The molecule has 0 unspecified atom stereocenters. The van der Waals surface area contributed by atoms with Crippen LogP contribution in [0.1, 0.15) is 5.69 Å². The van der Waals surface area contributed by atoms with Crippen molar-refractivity contribution in [2.24, 2.45) is 5.73 Å². The molecule has 2 rings (SSSR count). The second-order valence-corrected chi connectivity index (χ2v) is 6.09. The van der Waals surface area contributed by atoms with Crippen molar-refractivity contribution in [2.75, 3.05) is 0 Å². The molecule has 0 amide bonds. The van der Waals surface area contributed by atoms with Gasteiger partial charge in [-0.25, -0.2) is 4.98 Å². The van der Waals surface area contributed by atoms with Crippen LogP contribution < -0.4 is 5.73 Å². The van der Waals surface area contributed by atoms with Gasteiger partial charge >= 0.3 is 0 Å². The van der Waals surface area contributed by atoms with E-state index < -0.39 is 0 Å². The molecule has 0 spiro atoms. The lowest BCUT2D eigenvalue weighted by Crippen LogP contribution is -2.03. The molecule has 0 saturated heterocycles. The molecule has 0 bridgehead atoms. The first kappa shape index (κ1) is 12.6. The summed E-state index contributed by atoms with van der Waals surface area (Å²) in [5, 5.41) is 10.3. The number of nitrogens with two attached hydrogens (primary N) is 1. The number of nitrogens with zero attached hydrogens (tertiary/aromatic N) is 1. The number of thiazole rings is 1. The predicted molar refractivity (Wildman–Crippen MR) is 78.5 cm³/mol. The summed E-state index contributed by atoms with van der Waals surface area (Å²) in [5.41, 5.74) is 7.37. The minimum absolute atomic E-state index is 0.128. The fraction of sp³-hybridized carbons (Fsp3) is 0.0909. The summed E-state index contributed by atoms with van der Waals surface area (Å²) >= 11 is 6.31. The van der Waals surface area contributed by atoms with Gasteiger partial charge in [0.15, 0.2) is 5.17 Å². The van der Waals surface area contributed by atoms with Crippen LogP contribution >= 0.6 is 39.0 Å². The average molecular weight is 328 g/mol. The van der Waals surface area contributed by atoms with Crippen LogP contribution in [0, 0.1) is 5.41 Å². The molecule has 1 aromatic heterocycles. The molecular formula is C11H10BrN3S2. The number of benzene rings is 1. The SMILES string of the molecule is N=C(N)SCc1csc(-c2ccc(Br)cc2)n1. The lowest BCUT2D eigenvalue weighted by molar-refractivity contribution is 1.24. The maximum Gasteiger partial charge on any atom is 0.151 e. The second kappa shape index (κ2) is 5.66. The van der Waals surface area contributed by atoms with Gasteiger partial charge in [0.2, 0.25) is 0 Å². The first-order valence-electron chi connectivity index (χ1n) is 4.82. The van der Waals surface area contributed by atoms with Crippen LogP contribution in [-0.2, 0) is 5.75 Å². The summed E-state index contributed by atoms with van der Waals surface area (Å²) < 4.78 is 1.06. The number of hydrogen-bond acceptors (Lipinski definition) is 4. The van der Waals surface area contributed by atoms with Crippen LogP contribution in [0.4, 0.5) is 0 Å². The lowest BCUT2D eigenvalue weighted by atomic mass is 10.2. The normalized spacial score (nSPS) is 10.4. The molecule has 6 heteroatoms. The van der Waals surface area contributed by atoms with Gasteiger partial charge in [0.05, 0.1) is 5.69 Å². The van der Waals surface area contributed by atoms with Crippen LogP contribution in [0.15, 0.2) is 34.1 Å². The van der Waals surface area contributed by atoms with Gasteiger partial charge in [-0.1, -0.05) is 39.8 Å². The molecule has 0 fully saturated rings. The van der Waals surface area contributed by atoms with Crippen molar-refractivity contribution in [1.82, 2.24) is 4.98 Å². The van der Waals surface area contributed by atoms with Crippen molar-refractivity contribution in [3.8, 4) is 10.6 Å². The van der Waals surface area contributed by atoms with E-state index in [1.807, 2.05) is 29.6 Å². The predicted octanol–water partition coefficient (Wildman–Crippen LogP) is 3.70. The number of hydrogen-bond donors (Lipinski definition) is 2. The summed E-state index contributed by atoms with van der Waals surface area (Å²) in [6, 6.07) is 8.07. The Hall–Kier alpha value is -0.850. The molecule has 1 aromatic carbocycles. The van der Waals surface area contributed by atoms with E-state index in [-0.39, 0.29) is 5.17 Å². The standard InChI is InChI=1S/C11H10BrN3S2/c12-8-3-1-7(2-4-8)10-15-9(5-16-10)6-17-11(13)14/h1-5H,6H2,(H3,13,14). The fourth-order valence-corrected chi connectivity index (χ4v) is 2.90. The smallest absolute Gasteiger partial charge is 0.151 e. The molecule has 3 N–H and O–H groups in total. The summed E-state index contributed by atoms with van der Waals surface area (Å²) in [4.78, 5) is 4.51. The Labute approximate surface area is 116 Å². The van der Waals surface area contributed by atoms with Crippen molar-refractivity contribution in [3.63, 3.8) is 0 Å². The zero-order chi connectivity index (χ0) is 12.3. The average Bonchev–Trinajstić information content (AvgIpc) is 2.76. The van der Waals surface area contributed by atoms with E-state index in [4.69, 9.17) is 11.1 Å². The summed E-state index contributed by atoms with van der Waals surface area (Å²) in [6.45, 7) is 0. The minimum atomic E-state index is 0.128. The molecule has 2 aromatic rings. The highest BCUT2D eigenvalue weighted by atomic mass is 79.9. The number of rotatable bonds is 3. The van der Waals surface area contributed by atoms with Crippen molar-refractivity contribution in [3.05, 3.63) is 39.8 Å². The van der Waals surface area contributed by atoms with Gasteiger partial charge in [0, 0.05) is 21.2 Å². The Bertz CT molecular complexity index is 522. The Balaban J connectivity index is 2.12. The van der Waals surface area contributed by atoms with Gasteiger partial charge < -0.3 is 5.73 Å². The molecule has 3 nitrogen and oxygen atoms in total. The molecule has 0 atom stereocenters. The third kappa shape index (κ3) is 3.55. The number of aromatic nitrogens is 1. The Morgan fingerprint density at radius 2 is 2.12 bits per heavy atom. The van der Waals surface area contributed by atoms with Gasteiger partial charge in [0.1, 0.15) is 5.01 Å². The molecular weight excluding hydrogens is 318 g/mol. The minimum Gasteiger partial charge on any atom is -0.379 e. The van der Waals surface area contributed by atoms with E-state index >= 15 is 0 Å². The molecule has 88 valence electrons. The molecule has 0 radical (unpaired) electrons. The molecule has 0 aliphatic heterocycles. The van der Waals surface area contributed by atoms with Gasteiger partial charge in [-0.05, 0) is 12.1 Å². The first-order chi connectivity index (χ1) is 8.15. The molecule has 0 aliphatic carbocycles. The van der Waals surface area contributed by atoms with E-state index in [1.54, 1.807) is 11.3 Å². The van der Waals surface area contributed by atoms with Crippen molar-refractivity contribution < 1.29 is 0 Å². The second-order valence-electron chi connectivity index (χ2n) is 3.30. The third-order valence-electron chi connectivity index (χ3n) is 2.02. The molecule has 17 heavy (non-hydrogen) atoms. The molecule has 1 heterocycles. The van der Waals surface area contributed by atoms with Gasteiger partial charge in [0.25, 0.3) is 0 Å². The van der Waals surface area contributed by atoms with E-state index in [0.29, 0.717) is 5.75 Å². The van der Waals surface area contributed by atoms with Crippen molar-refractivity contribution in [2.45, 2.75) is 5.75 Å². The monoisotopic (exact) mass is 327 g/mol. The number of thioether (sulfide) groups is 1. The maximum absolute atomic E-state index is 7.15. The Kier molecular flexibility index (Phi) is 4.20. The highest BCUT2D eigenvalue weighted by Gasteiger charge is 2.05. The Morgan fingerprint density at radius 1 is 1.41 bits per heavy atom.